The van der Waals surface area contributed by atoms with Crippen molar-refractivity contribution in [2.75, 3.05) is 0 Å². The number of hydrogen-bond donors (Lipinski definition) is 0. The van der Waals surface area contributed by atoms with E-state index < -0.39 is 0 Å². The standard InChI is InChI=1S/C15H14BrClN2S/c1-9-3-6-14(20-9)10(2)19-13-7-11(16)4-5-12(13)18-15(19)8-17/h3-7,10H,8H2,1-2H3. The minimum Gasteiger partial charge on any atom is -0.319 e. The molecule has 0 fully saturated rings. The van der Waals surface area contributed by atoms with E-state index in [2.05, 4.69) is 57.5 Å². The minimum atomic E-state index is 0.238. The van der Waals surface area contributed by atoms with Gasteiger partial charge in [-0.15, -0.1) is 22.9 Å². The Bertz CT molecular complexity index is 762. The lowest BCUT2D eigenvalue weighted by molar-refractivity contribution is 0.644. The number of fused-ring (bicyclic) bond motifs is 1. The van der Waals surface area contributed by atoms with E-state index in [1.54, 1.807) is 0 Å². The number of aromatic nitrogens is 2. The monoisotopic (exact) mass is 368 g/mol. The molecule has 3 rings (SSSR count). The molecule has 2 heterocycles. The summed E-state index contributed by atoms with van der Waals surface area (Å²) < 4.78 is 3.29. The molecule has 0 radical (unpaired) electrons. The Morgan fingerprint density at radius 1 is 1.35 bits per heavy atom. The van der Waals surface area contributed by atoms with Gasteiger partial charge in [0.15, 0.2) is 0 Å². The Morgan fingerprint density at radius 3 is 2.80 bits per heavy atom. The number of imidazole rings is 1. The third kappa shape index (κ3) is 2.41. The van der Waals surface area contributed by atoms with Crippen LogP contribution in [0.15, 0.2) is 34.8 Å². The molecule has 1 atom stereocenters. The van der Waals surface area contributed by atoms with E-state index in [-0.39, 0.29) is 6.04 Å². The minimum absolute atomic E-state index is 0.238. The first-order valence-corrected chi connectivity index (χ1v) is 8.53. The largest absolute Gasteiger partial charge is 0.319 e. The van der Waals surface area contributed by atoms with E-state index in [0.29, 0.717) is 5.88 Å². The molecule has 20 heavy (non-hydrogen) atoms. The first kappa shape index (κ1) is 14.1. The zero-order chi connectivity index (χ0) is 14.3. The Kier molecular flexibility index (Phi) is 3.89. The summed E-state index contributed by atoms with van der Waals surface area (Å²) in [6.45, 7) is 4.33. The quantitative estimate of drug-likeness (QED) is 0.556. The van der Waals surface area contributed by atoms with Crippen molar-refractivity contribution in [3.05, 3.63) is 50.4 Å². The fourth-order valence-corrected chi connectivity index (χ4v) is 3.91. The summed E-state index contributed by atoms with van der Waals surface area (Å²) in [4.78, 5) is 7.29. The second-order valence-corrected chi connectivity index (χ2v) is 7.29. The third-order valence-electron chi connectivity index (χ3n) is 3.40. The van der Waals surface area contributed by atoms with E-state index >= 15 is 0 Å². The van der Waals surface area contributed by atoms with E-state index in [1.807, 2.05) is 23.5 Å². The molecule has 2 aromatic heterocycles. The summed E-state index contributed by atoms with van der Waals surface area (Å²) >= 11 is 11.4. The van der Waals surface area contributed by atoms with Crippen molar-refractivity contribution in [1.29, 1.82) is 0 Å². The van der Waals surface area contributed by atoms with Crippen LogP contribution in [0.25, 0.3) is 11.0 Å². The van der Waals surface area contributed by atoms with Gasteiger partial charge in [-0.3, -0.25) is 0 Å². The van der Waals surface area contributed by atoms with Gasteiger partial charge in [0.25, 0.3) is 0 Å². The molecule has 0 saturated heterocycles. The third-order valence-corrected chi connectivity index (χ3v) is 5.31. The molecular formula is C15H14BrClN2S. The van der Waals surface area contributed by atoms with Crippen molar-refractivity contribution in [2.24, 2.45) is 0 Å². The van der Waals surface area contributed by atoms with E-state index in [0.717, 1.165) is 21.3 Å². The molecule has 1 aromatic carbocycles. The Morgan fingerprint density at radius 2 is 2.15 bits per heavy atom. The first-order chi connectivity index (χ1) is 9.60. The topological polar surface area (TPSA) is 17.8 Å². The van der Waals surface area contributed by atoms with Gasteiger partial charge in [0.2, 0.25) is 0 Å². The lowest BCUT2D eigenvalue weighted by atomic mass is 10.2. The van der Waals surface area contributed by atoms with Gasteiger partial charge in [0.05, 0.1) is 23.0 Å². The molecule has 5 heteroatoms. The maximum Gasteiger partial charge on any atom is 0.125 e. The number of aryl methyl sites for hydroxylation is 1. The summed E-state index contributed by atoms with van der Waals surface area (Å²) in [5.74, 6) is 1.33. The second-order valence-electron chi connectivity index (χ2n) is 4.79. The van der Waals surface area contributed by atoms with Crippen molar-refractivity contribution in [3.8, 4) is 0 Å². The van der Waals surface area contributed by atoms with Crippen molar-refractivity contribution < 1.29 is 0 Å². The number of alkyl halides is 1. The summed E-state index contributed by atoms with van der Waals surface area (Å²) in [5, 5.41) is 0. The zero-order valence-corrected chi connectivity index (χ0v) is 14.4. The van der Waals surface area contributed by atoms with Crippen LogP contribution >= 0.6 is 38.9 Å². The maximum atomic E-state index is 6.09. The normalized spacial score (nSPS) is 13.0. The van der Waals surface area contributed by atoms with E-state index in [4.69, 9.17) is 11.6 Å². The van der Waals surface area contributed by atoms with E-state index in [9.17, 15) is 0 Å². The van der Waals surface area contributed by atoms with Crippen LogP contribution in [-0.4, -0.2) is 9.55 Å². The SMILES string of the molecule is Cc1ccc(C(C)n2c(CCl)nc3ccc(Br)cc32)s1. The number of hydrogen-bond acceptors (Lipinski definition) is 2. The van der Waals surface area contributed by atoms with Gasteiger partial charge in [-0.05, 0) is 44.2 Å². The molecule has 0 N–H and O–H groups in total. The van der Waals surface area contributed by atoms with Crippen LogP contribution in [0.2, 0.25) is 0 Å². The molecule has 0 bridgehead atoms. The number of rotatable bonds is 3. The van der Waals surface area contributed by atoms with Gasteiger partial charge in [-0.25, -0.2) is 4.98 Å². The number of benzene rings is 1. The fraction of sp³-hybridized carbons (Fsp3) is 0.267. The summed E-state index contributed by atoms with van der Waals surface area (Å²) in [6.07, 6.45) is 0. The van der Waals surface area contributed by atoms with Crippen LogP contribution in [0.5, 0.6) is 0 Å². The van der Waals surface area contributed by atoms with Gasteiger partial charge in [0.1, 0.15) is 5.82 Å². The molecule has 0 amide bonds. The highest BCUT2D eigenvalue weighted by Gasteiger charge is 2.18. The zero-order valence-electron chi connectivity index (χ0n) is 11.2. The van der Waals surface area contributed by atoms with Crippen LogP contribution in [0.4, 0.5) is 0 Å². The maximum absolute atomic E-state index is 6.09. The predicted octanol–water partition coefficient (Wildman–Crippen LogP) is 5.52. The van der Waals surface area contributed by atoms with Crippen molar-refractivity contribution in [2.45, 2.75) is 25.8 Å². The van der Waals surface area contributed by atoms with Gasteiger partial charge in [-0.1, -0.05) is 15.9 Å². The Hall–Kier alpha value is -0.840. The number of halogens is 2. The average molecular weight is 370 g/mol. The van der Waals surface area contributed by atoms with Crippen LogP contribution in [-0.2, 0) is 5.88 Å². The summed E-state index contributed by atoms with van der Waals surface area (Å²) in [5.41, 5.74) is 2.11. The average Bonchev–Trinajstić information content (AvgIpc) is 3.01. The predicted molar refractivity (Wildman–Crippen MR) is 89.9 cm³/mol. The lowest BCUT2D eigenvalue weighted by Gasteiger charge is -2.15. The fourth-order valence-electron chi connectivity index (χ4n) is 2.45. The van der Waals surface area contributed by atoms with Crippen LogP contribution < -0.4 is 0 Å². The summed E-state index contributed by atoms with van der Waals surface area (Å²) in [6, 6.07) is 10.7. The molecule has 104 valence electrons. The molecule has 0 spiro atoms. The van der Waals surface area contributed by atoms with Crippen molar-refractivity contribution in [1.82, 2.24) is 9.55 Å². The highest BCUT2D eigenvalue weighted by molar-refractivity contribution is 9.10. The molecule has 0 aliphatic heterocycles. The molecule has 0 aliphatic carbocycles. The Balaban J connectivity index is 2.20. The Labute approximate surface area is 135 Å². The van der Waals surface area contributed by atoms with Crippen LogP contribution in [0, 0.1) is 6.92 Å². The van der Waals surface area contributed by atoms with Gasteiger partial charge in [-0.2, -0.15) is 0 Å². The van der Waals surface area contributed by atoms with Gasteiger partial charge in [0, 0.05) is 14.2 Å². The van der Waals surface area contributed by atoms with Gasteiger partial charge >= 0.3 is 0 Å². The molecule has 0 saturated carbocycles. The smallest absolute Gasteiger partial charge is 0.125 e. The lowest BCUT2D eigenvalue weighted by Crippen LogP contribution is -2.08. The number of nitrogens with zero attached hydrogens (tertiary/aromatic N) is 2. The van der Waals surface area contributed by atoms with Crippen molar-refractivity contribution in [3.63, 3.8) is 0 Å². The van der Waals surface area contributed by atoms with Crippen LogP contribution in [0.3, 0.4) is 0 Å². The molecule has 2 nitrogen and oxygen atoms in total. The molecular weight excluding hydrogens is 356 g/mol. The highest BCUT2D eigenvalue weighted by atomic mass is 79.9. The number of thiophene rings is 1. The van der Waals surface area contributed by atoms with Crippen molar-refractivity contribution >= 4 is 49.9 Å². The summed E-state index contributed by atoms with van der Waals surface area (Å²) in [7, 11) is 0. The molecule has 1 unspecified atom stereocenters. The molecule has 0 aliphatic rings. The van der Waals surface area contributed by atoms with Crippen LogP contribution in [0.1, 0.15) is 28.5 Å². The highest BCUT2D eigenvalue weighted by Crippen LogP contribution is 2.31. The second kappa shape index (κ2) is 5.51. The first-order valence-electron chi connectivity index (χ1n) is 6.39. The van der Waals surface area contributed by atoms with E-state index in [1.165, 1.54) is 9.75 Å². The van der Waals surface area contributed by atoms with Gasteiger partial charge < -0.3 is 4.57 Å². The molecule has 3 aromatic rings.